The number of aliphatic imine (C=N–C) groups is 1. The van der Waals surface area contributed by atoms with Crippen molar-refractivity contribution < 1.29 is 4.42 Å². The monoisotopic (exact) mass is 777 g/mol. The molecule has 2 aromatic heterocycles. The number of furan rings is 1. The predicted molar refractivity (Wildman–Crippen MR) is 248 cm³/mol. The van der Waals surface area contributed by atoms with Crippen LogP contribution >= 0.6 is 0 Å². The van der Waals surface area contributed by atoms with Gasteiger partial charge in [-0.2, -0.15) is 0 Å². The minimum atomic E-state index is -0.564. The van der Waals surface area contributed by atoms with E-state index in [9.17, 15) is 0 Å². The molecule has 0 radical (unpaired) electrons. The molecule has 0 saturated carbocycles. The van der Waals surface area contributed by atoms with E-state index < -0.39 is 5.41 Å². The third-order valence-corrected chi connectivity index (χ3v) is 13.7. The van der Waals surface area contributed by atoms with Gasteiger partial charge in [0.05, 0.1) is 33.6 Å². The number of hydrogen-bond acceptors (Lipinski definition) is 3. The fourth-order valence-corrected chi connectivity index (χ4v) is 11.2. The van der Waals surface area contributed by atoms with Gasteiger partial charge in [-0.15, -0.1) is 0 Å². The molecule has 3 heterocycles. The molecule has 11 aromatic rings. The van der Waals surface area contributed by atoms with Crippen LogP contribution in [0.15, 0.2) is 210 Å². The Morgan fingerprint density at radius 3 is 2.03 bits per heavy atom. The number of benzene rings is 9. The van der Waals surface area contributed by atoms with Crippen LogP contribution in [0.4, 0.5) is 5.69 Å². The van der Waals surface area contributed by atoms with Crippen molar-refractivity contribution in [2.45, 2.75) is 11.5 Å². The maximum atomic E-state index is 7.37. The largest absolute Gasteiger partial charge is 0.455 e. The molecule has 2 aliphatic carbocycles. The Kier molecular flexibility index (Phi) is 6.51. The zero-order valence-electron chi connectivity index (χ0n) is 32.9. The van der Waals surface area contributed by atoms with E-state index in [1.54, 1.807) is 0 Å². The summed E-state index contributed by atoms with van der Waals surface area (Å²) in [5.74, 6) is 0.874. The van der Waals surface area contributed by atoms with E-state index in [4.69, 9.17) is 9.41 Å². The van der Waals surface area contributed by atoms with Gasteiger partial charge in [0.1, 0.15) is 17.0 Å². The molecule has 0 fully saturated rings. The molecule has 1 aliphatic heterocycles. The van der Waals surface area contributed by atoms with E-state index in [1.807, 2.05) is 0 Å². The quantitative estimate of drug-likeness (QED) is 0.194. The number of nitrogens with zero attached hydrogens (tertiary/aromatic N) is 2. The number of rotatable bonds is 3. The first-order chi connectivity index (χ1) is 30.3. The van der Waals surface area contributed by atoms with Gasteiger partial charge in [0, 0.05) is 38.5 Å². The molecule has 2 unspecified atom stereocenters. The van der Waals surface area contributed by atoms with Gasteiger partial charge in [0.2, 0.25) is 0 Å². The van der Waals surface area contributed by atoms with Crippen molar-refractivity contribution in [2.24, 2.45) is 4.99 Å². The highest BCUT2D eigenvalue weighted by atomic mass is 16.3. The standard InChI is InChI=1S/C57H35N3O/c1-3-15-34(16-4-1)53-42-21-9-13-25-48(42)58-56(59-53)35-27-28-38-37-19-7-11-23-44(37)57(47(38)33-35)45-24-12-8-20-41(45)51-46(57)31-29-39-40-30-32-50-52(55(40)61-54(39)51)43-22-10-14-26-49(43)60(50)36-17-5-2-6-18-36/h1-33,53H,(H,58,59). The summed E-state index contributed by atoms with van der Waals surface area (Å²) < 4.78 is 9.73. The topological polar surface area (TPSA) is 42.5 Å². The minimum Gasteiger partial charge on any atom is -0.455 e. The molecule has 2 atom stereocenters. The van der Waals surface area contributed by atoms with Crippen molar-refractivity contribution in [1.82, 2.24) is 9.88 Å². The van der Waals surface area contributed by atoms with Crippen LogP contribution in [0.25, 0.3) is 71.7 Å². The van der Waals surface area contributed by atoms with Crippen LogP contribution < -0.4 is 5.32 Å². The second kappa shape index (κ2) is 12.1. The fraction of sp³-hybridized carbons (Fsp3) is 0.0351. The molecule has 0 bridgehead atoms. The second-order valence-electron chi connectivity index (χ2n) is 16.6. The Balaban J connectivity index is 1.03. The number of fused-ring (bicyclic) bond motifs is 19. The lowest BCUT2D eigenvalue weighted by molar-refractivity contribution is 0.673. The van der Waals surface area contributed by atoms with Gasteiger partial charge in [-0.3, -0.25) is 0 Å². The van der Waals surface area contributed by atoms with Crippen molar-refractivity contribution >= 4 is 55.3 Å². The van der Waals surface area contributed by atoms with E-state index in [-0.39, 0.29) is 6.04 Å². The van der Waals surface area contributed by atoms with Crippen molar-refractivity contribution in [1.29, 1.82) is 0 Å². The average Bonchev–Trinajstić information content (AvgIpc) is 4.05. The van der Waals surface area contributed by atoms with Crippen molar-refractivity contribution in [3.05, 3.63) is 239 Å². The lowest BCUT2D eigenvalue weighted by atomic mass is 9.70. The van der Waals surface area contributed by atoms with Gasteiger partial charge in [0.15, 0.2) is 0 Å². The summed E-state index contributed by atoms with van der Waals surface area (Å²) in [6.07, 6.45) is 0. The van der Waals surface area contributed by atoms with Gasteiger partial charge in [-0.1, -0.05) is 158 Å². The highest BCUT2D eigenvalue weighted by Crippen LogP contribution is 2.64. The maximum absolute atomic E-state index is 7.37. The summed E-state index contributed by atoms with van der Waals surface area (Å²) in [4.78, 5) is 5.29. The van der Waals surface area contributed by atoms with Crippen molar-refractivity contribution in [3.8, 4) is 27.9 Å². The van der Waals surface area contributed by atoms with Crippen LogP contribution in [-0.4, -0.2) is 10.4 Å². The summed E-state index contributed by atoms with van der Waals surface area (Å²) >= 11 is 0. The minimum absolute atomic E-state index is 0.0215. The van der Waals surface area contributed by atoms with Crippen molar-refractivity contribution in [2.75, 3.05) is 0 Å². The molecule has 61 heavy (non-hydrogen) atoms. The predicted octanol–water partition coefficient (Wildman–Crippen LogP) is 13.8. The molecular formula is C57H35N3O. The summed E-state index contributed by atoms with van der Waals surface area (Å²) in [6.45, 7) is 0. The zero-order chi connectivity index (χ0) is 39.8. The third kappa shape index (κ3) is 4.26. The van der Waals surface area contributed by atoms with E-state index in [0.29, 0.717) is 0 Å². The number of nitrogens with one attached hydrogen (secondary N) is 1. The lowest BCUT2D eigenvalue weighted by Crippen LogP contribution is -2.33. The Hall–Kier alpha value is -7.95. The second-order valence-corrected chi connectivity index (χ2v) is 16.6. The molecule has 0 amide bonds. The van der Waals surface area contributed by atoms with Crippen LogP contribution in [0.3, 0.4) is 0 Å². The van der Waals surface area contributed by atoms with Gasteiger partial charge < -0.3 is 14.3 Å². The van der Waals surface area contributed by atoms with E-state index in [0.717, 1.165) is 61.1 Å². The normalized spacial score (nSPS) is 17.0. The van der Waals surface area contributed by atoms with E-state index in [2.05, 4.69) is 210 Å². The SMILES string of the molecule is c1ccc(C2NC(c3ccc4c(c3)C3(c5ccccc5-4)c4ccccc4-c4c3ccc3c4oc4c3ccc3c4c4ccccc4n3-c3ccccc3)=Nc3ccccc32)cc1. The zero-order valence-corrected chi connectivity index (χ0v) is 32.9. The Morgan fingerprint density at radius 1 is 0.492 bits per heavy atom. The van der Waals surface area contributed by atoms with Gasteiger partial charge in [-0.25, -0.2) is 4.99 Å². The molecule has 0 saturated heterocycles. The molecule has 1 spiro atoms. The number of aromatic nitrogens is 1. The Morgan fingerprint density at radius 2 is 1.16 bits per heavy atom. The molecule has 4 heteroatoms. The number of para-hydroxylation sites is 3. The van der Waals surface area contributed by atoms with Gasteiger partial charge >= 0.3 is 0 Å². The molecule has 284 valence electrons. The summed E-state index contributed by atoms with van der Waals surface area (Å²) in [7, 11) is 0. The lowest BCUT2D eigenvalue weighted by Gasteiger charge is -2.31. The molecule has 14 rings (SSSR count). The van der Waals surface area contributed by atoms with E-state index >= 15 is 0 Å². The van der Waals surface area contributed by atoms with Crippen molar-refractivity contribution in [3.63, 3.8) is 0 Å². The van der Waals surface area contributed by atoms with Gasteiger partial charge in [0.25, 0.3) is 0 Å². The van der Waals surface area contributed by atoms with Crippen LogP contribution in [-0.2, 0) is 5.41 Å². The molecule has 9 aromatic carbocycles. The molecule has 3 aliphatic rings. The highest BCUT2D eigenvalue weighted by molar-refractivity contribution is 6.25. The maximum Gasteiger partial charge on any atom is 0.145 e. The third-order valence-electron chi connectivity index (χ3n) is 13.7. The average molecular weight is 778 g/mol. The Bertz CT molecular complexity index is 3690. The first-order valence-corrected chi connectivity index (χ1v) is 21.1. The number of hydrogen-bond donors (Lipinski definition) is 1. The summed E-state index contributed by atoms with van der Waals surface area (Å²) in [6, 6.07) is 72.7. The van der Waals surface area contributed by atoms with Gasteiger partial charge in [-0.05, 0) is 87.0 Å². The summed E-state index contributed by atoms with van der Waals surface area (Å²) in [5.41, 5.74) is 19.1. The van der Waals surface area contributed by atoms with E-state index in [1.165, 1.54) is 61.0 Å². The number of amidine groups is 1. The van der Waals surface area contributed by atoms with Crippen LogP contribution in [0.5, 0.6) is 0 Å². The fourth-order valence-electron chi connectivity index (χ4n) is 11.2. The first-order valence-electron chi connectivity index (χ1n) is 21.1. The molecule has 1 N–H and O–H groups in total. The van der Waals surface area contributed by atoms with Crippen LogP contribution in [0, 0.1) is 0 Å². The Labute approximate surface area is 351 Å². The smallest absolute Gasteiger partial charge is 0.145 e. The highest BCUT2D eigenvalue weighted by Gasteiger charge is 2.52. The summed E-state index contributed by atoms with van der Waals surface area (Å²) in [5, 5.41) is 8.46. The molecule has 4 nitrogen and oxygen atoms in total. The van der Waals surface area contributed by atoms with Crippen LogP contribution in [0.1, 0.15) is 45.0 Å². The molecular weight excluding hydrogens is 743 g/mol. The van der Waals surface area contributed by atoms with Crippen LogP contribution in [0.2, 0.25) is 0 Å². The first kappa shape index (κ1) is 32.9.